The number of amides is 1. The molecule has 1 aromatic rings. The van der Waals surface area contributed by atoms with Gasteiger partial charge in [0.1, 0.15) is 0 Å². The Morgan fingerprint density at radius 2 is 2.11 bits per heavy atom. The second kappa shape index (κ2) is 6.71. The highest BCUT2D eigenvalue weighted by Crippen LogP contribution is 2.17. The number of hydrogen-bond acceptors (Lipinski definition) is 2. The normalized spacial score (nSPS) is 19.4. The Labute approximate surface area is 116 Å². The third-order valence-electron chi connectivity index (χ3n) is 3.75. The number of piperidine rings is 1. The molecule has 0 bridgehead atoms. The van der Waals surface area contributed by atoms with Crippen molar-refractivity contribution in [3.63, 3.8) is 0 Å². The average molecular weight is 260 g/mol. The molecule has 0 saturated carbocycles. The van der Waals surface area contributed by atoms with Crippen LogP contribution in [-0.4, -0.2) is 29.9 Å². The molecule has 104 valence electrons. The van der Waals surface area contributed by atoms with E-state index in [1.54, 1.807) is 0 Å². The molecule has 1 N–H and O–H groups in total. The maximum atomic E-state index is 12.6. The zero-order valence-electron chi connectivity index (χ0n) is 11.9. The van der Waals surface area contributed by atoms with Gasteiger partial charge in [-0.2, -0.15) is 0 Å². The summed E-state index contributed by atoms with van der Waals surface area (Å²) in [4.78, 5) is 14.6. The van der Waals surface area contributed by atoms with E-state index in [4.69, 9.17) is 0 Å². The first-order valence-corrected chi connectivity index (χ1v) is 7.23. The lowest BCUT2D eigenvalue weighted by atomic mass is 9.97. The van der Waals surface area contributed by atoms with Crippen molar-refractivity contribution in [2.24, 2.45) is 5.92 Å². The van der Waals surface area contributed by atoms with Crippen LogP contribution in [-0.2, 0) is 11.3 Å². The van der Waals surface area contributed by atoms with Gasteiger partial charge in [0.2, 0.25) is 5.91 Å². The molecule has 2 rings (SSSR count). The Morgan fingerprint density at radius 3 is 2.68 bits per heavy atom. The number of hydrogen-bond donors (Lipinski definition) is 1. The number of rotatable bonds is 4. The maximum Gasteiger partial charge on any atom is 0.227 e. The first-order valence-electron chi connectivity index (χ1n) is 7.23. The Kier molecular flexibility index (Phi) is 4.97. The van der Waals surface area contributed by atoms with Crippen molar-refractivity contribution in [3.8, 4) is 0 Å². The molecule has 3 nitrogen and oxygen atoms in total. The van der Waals surface area contributed by atoms with E-state index in [1.807, 2.05) is 23.1 Å². The minimum Gasteiger partial charge on any atom is -0.336 e. The van der Waals surface area contributed by atoms with Gasteiger partial charge >= 0.3 is 0 Å². The van der Waals surface area contributed by atoms with Gasteiger partial charge < -0.3 is 10.2 Å². The Morgan fingerprint density at radius 1 is 1.37 bits per heavy atom. The zero-order valence-corrected chi connectivity index (χ0v) is 11.9. The van der Waals surface area contributed by atoms with Crippen molar-refractivity contribution in [1.82, 2.24) is 10.2 Å². The predicted octanol–water partition coefficient (Wildman–Crippen LogP) is 2.42. The van der Waals surface area contributed by atoms with Crippen LogP contribution in [0.5, 0.6) is 0 Å². The minimum absolute atomic E-state index is 0.153. The molecule has 19 heavy (non-hydrogen) atoms. The smallest absolute Gasteiger partial charge is 0.227 e. The van der Waals surface area contributed by atoms with E-state index in [0.717, 1.165) is 25.9 Å². The lowest BCUT2D eigenvalue weighted by Crippen LogP contribution is -2.45. The van der Waals surface area contributed by atoms with E-state index in [1.165, 1.54) is 5.56 Å². The summed E-state index contributed by atoms with van der Waals surface area (Å²) in [5, 5.41) is 3.33. The largest absolute Gasteiger partial charge is 0.336 e. The van der Waals surface area contributed by atoms with Crippen molar-refractivity contribution in [2.75, 3.05) is 13.1 Å². The zero-order chi connectivity index (χ0) is 13.7. The van der Waals surface area contributed by atoms with Gasteiger partial charge in [0, 0.05) is 19.1 Å². The van der Waals surface area contributed by atoms with Crippen molar-refractivity contribution in [2.45, 2.75) is 39.3 Å². The van der Waals surface area contributed by atoms with Crippen LogP contribution in [0.15, 0.2) is 30.3 Å². The molecule has 1 aromatic carbocycles. The van der Waals surface area contributed by atoms with Crippen molar-refractivity contribution in [3.05, 3.63) is 35.9 Å². The van der Waals surface area contributed by atoms with Crippen LogP contribution in [0.1, 0.15) is 32.3 Å². The van der Waals surface area contributed by atoms with E-state index in [-0.39, 0.29) is 12.0 Å². The fraction of sp³-hybridized carbons (Fsp3) is 0.562. The molecule has 1 heterocycles. The van der Waals surface area contributed by atoms with Crippen LogP contribution >= 0.6 is 0 Å². The molecule has 1 saturated heterocycles. The van der Waals surface area contributed by atoms with Crippen LogP contribution < -0.4 is 5.32 Å². The number of benzene rings is 1. The van der Waals surface area contributed by atoms with Gasteiger partial charge in [-0.25, -0.2) is 0 Å². The first-order chi connectivity index (χ1) is 9.18. The lowest BCUT2D eigenvalue weighted by Gasteiger charge is -2.32. The molecular formula is C16H24N2O. The van der Waals surface area contributed by atoms with Crippen LogP contribution in [0, 0.1) is 5.92 Å². The summed E-state index contributed by atoms with van der Waals surface area (Å²) in [5.41, 5.74) is 1.20. The average Bonchev–Trinajstić information content (AvgIpc) is 2.46. The third kappa shape index (κ3) is 3.80. The number of nitrogens with zero attached hydrogens (tertiary/aromatic N) is 1. The van der Waals surface area contributed by atoms with E-state index in [0.29, 0.717) is 12.5 Å². The van der Waals surface area contributed by atoms with Gasteiger partial charge in [0.15, 0.2) is 0 Å². The van der Waals surface area contributed by atoms with Gasteiger partial charge in [0.05, 0.1) is 5.92 Å². The number of nitrogens with one attached hydrogen (secondary N) is 1. The van der Waals surface area contributed by atoms with Gasteiger partial charge in [0.25, 0.3) is 0 Å². The number of carbonyl (C=O) groups excluding carboxylic acids is 1. The molecule has 1 aliphatic heterocycles. The molecule has 3 heteroatoms. The SMILES string of the molecule is CC(C)N(Cc1ccccc1)C(=O)[C@@H]1CCCNC1. The monoisotopic (exact) mass is 260 g/mol. The number of carbonyl (C=O) groups is 1. The van der Waals surface area contributed by atoms with Crippen molar-refractivity contribution in [1.29, 1.82) is 0 Å². The van der Waals surface area contributed by atoms with Gasteiger partial charge in [-0.1, -0.05) is 30.3 Å². The van der Waals surface area contributed by atoms with Crippen LogP contribution in [0.2, 0.25) is 0 Å². The van der Waals surface area contributed by atoms with Crippen molar-refractivity contribution >= 4 is 5.91 Å². The summed E-state index contributed by atoms with van der Waals surface area (Å²) in [6, 6.07) is 10.5. The summed E-state index contributed by atoms with van der Waals surface area (Å²) in [5.74, 6) is 0.450. The molecule has 1 atom stereocenters. The molecule has 1 aliphatic rings. The second-order valence-corrected chi connectivity index (χ2v) is 5.59. The molecule has 0 unspecified atom stereocenters. The first kappa shape index (κ1) is 14.1. The van der Waals surface area contributed by atoms with Crippen molar-refractivity contribution < 1.29 is 4.79 Å². The highest BCUT2D eigenvalue weighted by Gasteiger charge is 2.27. The maximum absolute atomic E-state index is 12.6. The van der Waals surface area contributed by atoms with E-state index in [2.05, 4.69) is 31.3 Å². The quantitative estimate of drug-likeness (QED) is 0.901. The van der Waals surface area contributed by atoms with Gasteiger partial charge in [-0.15, -0.1) is 0 Å². The van der Waals surface area contributed by atoms with Crippen LogP contribution in [0.3, 0.4) is 0 Å². The lowest BCUT2D eigenvalue weighted by molar-refractivity contribution is -0.138. The summed E-state index contributed by atoms with van der Waals surface area (Å²) in [6.45, 7) is 6.78. The molecule has 1 fully saturated rings. The minimum atomic E-state index is 0.153. The summed E-state index contributed by atoms with van der Waals surface area (Å²) < 4.78 is 0. The molecule has 0 spiro atoms. The molecular weight excluding hydrogens is 236 g/mol. The summed E-state index contributed by atoms with van der Waals surface area (Å²) in [7, 11) is 0. The summed E-state index contributed by atoms with van der Waals surface area (Å²) >= 11 is 0. The molecule has 0 aliphatic carbocycles. The van der Waals surface area contributed by atoms with Crippen LogP contribution in [0.25, 0.3) is 0 Å². The topological polar surface area (TPSA) is 32.3 Å². The van der Waals surface area contributed by atoms with Gasteiger partial charge in [-0.3, -0.25) is 4.79 Å². The summed E-state index contributed by atoms with van der Waals surface area (Å²) in [6.07, 6.45) is 2.12. The second-order valence-electron chi connectivity index (χ2n) is 5.59. The highest BCUT2D eigenvalue weighted by molar-refractivity contribution is 5.79. The van der Waals surface area contributed by atoms with E-state index < -0.39 is 0 Å². The van der Waals surface area contributed by atoms with Gasteiger partial charge in [-0.05, 0) is 38.8 Å². The van der Waals surface area contributed by atoms with E-state index >= 15 is 0 Å². The molecule has 1 amide bonds. The standard InChI is InChI=1S/C16H24N2O/c1-13(2)18(12-14-7-4-3-5-8-14)16(19)15-9-6-10-17-11-15/h3-5,7-8,13,15,17H,6,9-12H2,1-2H3/t15-/m1/s1. The fourth-order valence-corrected chi connectivity index (χ4v) is 2.59. The molecule has 0 aromatic heterocycles. The third-order valence-corrected chi connectivity index (χ3v) is 3.75. The molecule has 0 radical (unpaired) electrons. The Bertz CT molecular complexity index is 396. The fourth-order valence-electron chi connectivity index (χ4n) is 2.59. The Hall–Kier alpha value is -1.35. The predicted molar refractivity (Wildman–Crippen MR) is 77.7 cm³/mol. The highest BCUT2D eigenvalue weighted by atomic mass is 16.2. The van der Waals surface area contributed by atoms with E-state index in [9.17, 15) is 4.79 Å². The van der Waals surface area contributed by atoms with Crippen LogP contribution in [0.4, 0.5) is 0 Å². The Balaban J connectivity index is 2.04.